The van der Waals surface area contributed by atoms with Crippen molar-refractivity contribution < 1.29 is 146 Å². The first-order chi connectivity index (χ1) is 17.0. The molecule has 1 aliphatic heterocycles. The molecule has 3 rings (SSSR count). The zero-order valence-corrected chi connectivity index (χ0v) is 33.9. The van der Waals surface area contributed by atoms with Gasteiger partial charge in [0.2, 0.25) is 0 Å². The van der Waals surface area contributed by atoms with E-state index in [1.807, 2.05) is 18.7 Å². The summed E-state index contributed by atoms with van der Waals surface area (Å²) in [6, 6.07) is 0. The van der Waals surface area contributed by atoms with E-state index < -0.39 is 56.9 Å². The van der Waals surface area contributed by atoms with Crippen molar-refractivity contribution in [2.24, 2.45) is 0 Å². The summed E-state index contributed by atoms with van der Waals surface area (Å²) in [4.78, 5) is 52.8. The van der Waals surface area contributed by atoms with E-state index in [9.17, 15) is 43.5 Å². The second kappa shape index (κ2) is 16.5. The summed E-state index contributed by atoms with van der Waals surface area (Å²) in [5.74, 6) is 0.540. The number of rotatable bonds is 11. The zero-order chi connectivity index (χ0) is 28.0. The summed E-state index contributed by atoms with van der Waals surface area (Å²) in [5, 5.41) is 21.0. The Bertz CT molecular complexity index is 1290. The Kier molecular flexibility index (Phi) is 17.5. The maximum Gasteiger partial charge on any atom is 1.00 e. The van der Waals surface area contributed by atoms with Gasteiger partial charge in [-0.25, -0.2) is 23.8 Å². The molecule has 6 atom stereocenters. The zero-order valence-electron chi connectivity index (χ0n) is 22.1. The quantitative estimate of drug-likeness (QED) is 0.0704. The Labute approximate surface area is 311 Å². The molecule has 40 heavy (non-hydrogen) atoms. The van der Waals surface area contributed by atoms with Crippen LogP contribution in [0.15, 0.2) is 12.7 Å². The molecule has 2 unspecified atom stereocenters. The SMILES string of the molecule is CCN(CC)c1ncnc2c1ncn2[C@@H]1O[C@H](COP(=O)(O)OP(=O)(O)C(Br)(Br)P(=O)(O)O)[C@@H](O)[C@H]1O.[Na+].[Na+].[Na+]. The van der Waals surface area contributed by atoms with Crippen LogP contribution in [0.5, 0.6) is 0 Å². The molecule has 210 valence electrons. The van der Waals surface area contributed by atoms with Crippen LogP contribution in [-0.4, -0.2) is 90.0 Å². The van der Waals surface area contributed by atoms with Gasteiger partial charge in [-0.2, -0.15) is 0 Å². The fraction of sp³-hybridized carbons (Fsp3) is 0.667. The number of halogens is 2. The standard InChI is InChI=1S/C15H24Br2N5O12P3.3Na/c1-3-21(4-2)12-9-13(19-6-18-12)22(7-20-9)14-11(24)10(23)8(33-14)5-32-37(30,31)34-36(28,29)15(16,17)35(25,26)27;;;/h6-8,10-11,14,23-24H,3-5H2,1-2H3,(H,28,29)(H,30,31)(H2,25,26,27);;;/q;3*+1/t8-,10-,11-,14-;;;/m1.../s1. The molecule has 0 saturated carbocycles. The van der Waals surface area contributed by atoms with Crippen molar-refractivity contribution in [3.63, 3.8) is 0 Å². The number of hydrogen-bond donors (Lipinski definition) is 6. The monoisotopic (exact) mass is 786 g/mol. The first-order valence-electron chi connectivity index (χ1n) is 10.4. The van der Waals surface area contributed by atoms with E-state index in [4.69, 9.17) is 4.74 Å². The number of hydrogen-bond acceptors (Lipinski definition) is 12. The molecule has 2 aromatic heterocycles. The first kappa shape index (κ1) is 42.6. The summed E-state index contributed by atoms with van der Waals surface area (Å²) >= 11 is 4.58. The van der Waals surface area contributed by atoms with Crippen LogP contribution in [0.3, 0.4) is 0 Å². The van der Waals surface area contributed by atoms with Gasteiger partial charge in [-0.05, 0) is 45.7 Å². The van der Waals surface area contributed by atoms with Crippen molar-refractivity contribution in [1.82, 2.24) is 19.5 Å². The van der Waals surface area contributed by atoms with Crippen LogP contribution < -0.4 is 93.6 Å². The molecule has 6 N–H and O–H groups in total. The van der Waals surface area contributed by atoms with Crippen LogP contribution in [-0.2, 0) is 27.3 Å². The molecular weight excluding hydrogens is 764 g/mol. The van der Waals surface area contributed by atoms with E-state index >= 15 is 0 Å². The van der Waals surface area contributed by atoms with Gasteiger partial charge in [0.05, 0.1) is 12.9 Å². The van der Waals surface area contributed by atoms with Gasteiger partial charge in [0.1, 0.15) is 24.6 Å². The number of phosphoric ester groups is 1. The molecule has 0 aliphatic carbocycles. The minimum Gasteiger partial charge on any atom is -0.387 e. The first-order valence-corrected chi connectivity index (χ1v) is 16.6. The van der Waals surface area contributed by atoms with Gasteiger partial charge in [0.15, 0.2) is 23.2 Å². The molecular formula is C15H24Br2N5Na3O12P3+3. The van der Waals surface area contributed by atoms with Crippen LogP contribution in [0.1, 0.15) is 20.1 Å². The van der Waals surface area contributed by atoms with Crippen LogP contribution in [0, 0.1) is 0 Å². The number of anilines is 1. The number of aliphatic hydroxyl groups excluding tert-OH is 2. The van der Waals surface area contributed by atoms with E-state index in [-0.39, 0.29) is 94.3 Å². The molecule has 0 bridgehead atoms. The van der Waals surface area contributed by atoms with Gasteiger partial charge in [0, 0.05) is 13.1 Å². The van der Waals surface area contributed by atoms with E-state index in [2.05, 4.69) is 55.6 Å². The molecule has 3 heterocycles. The van der Waals surface area contributed by atoms with Crippen molar-refractivity contribution in [2.45, 2.75) is 41.1 Å². The molecule has 0 radical (unpaired) electrons. The predicted octanol–water partition coefficient (Wildman–Crippen LogP) is -7.80. The summed E-state index contributed by atoms with van der Waals surface area (Å²) in [5.41, 5.74) is 0.678. The minimum atomic E-state index is -5.58. The van der Waals surface area contributed by atoms with E-state index in [0.29, 0.717) is 24.4 Å². The molecule has 1 fully saturated rings. The van der Waals surface area contributed by atoms with Crippen LogP contribution in [0.25, 0.3) is 11.2 Å². The number of aromatic nitrogens is 4. The third kappa shape index (κ3) is 9.13. The normalized spacial score (nSPS) is 24.2. The van der Waals surface area contributed by atoms with Crippen LogP contribution in [0.2, 0.25) is 0 Å². The summed E-state index contributed by atoms with van der Waals surface area (Å²) in [6.45, 7) is 4.21. The number of nitrogens with zero attached hydrogens (tertiary/aromatic N) is 5. The Hall–Kier alpha value is 2.64. The van der Waals surface area contributed by atoms with E-state index in [1.165, 1.54) is 17.2 Å². The third-order valence-corrected chi connectivity index (χ3v) is 15.9. The van der Waals surface area contributed by atoms with Gasteiger partial charge in [0.25, 0.3) is 2.72 Å². The van der Waals surface area contributed by atoms with Gasteiger partial charge in [-0.15, -0.1) is 0 Å². The number of alkyl halides is 2. The Morgan fingerprint density at radius 3 is 2.12 bits per heavy atom. The number of ether oxygens (including phenoxy) is 1. The largest absolute Gasteiger partial charge is 1.00 e. The molecule has 2 aromatic rings. The average molecular weight is 788 g/mol. The fourth-order valence-corrected chi connectivity index (χ4v) is 8.27. The molecule has 0 aromatic carbocycles. The second-order valence-corrected chi connectivity index (χ2v) is 19.2. The Morgan fingerprint density at radius 2 is 1.60 bits per heavy atom. The molecule has 1 saturated heterocycles. The third-order valence-electron chi connectivity index (χ3n) is 5.32. The number of phosphoric acid groups is 1. The van der Waals surface area contributed by atoms with Crippen molar-refractivity contribution in [3.8, 4) is 0 Å². The van der Waals surface area contributed by atoms with Crippen molar-refractivity contribution in [1.29, 1.82) is 0 Å². The van der Waals surface area contributed by atoms with Gasteiger partial charge in [-0.3, -0.25) is 18.2 Å². The van der Waals surface area contributed by atoms with Crippen LogP contribution in [0.4, 0.5) is 5.82 Å². The predicted molar refractivity (Wildman–Crippen MR) is 134 cm³/mol. The smallest absolute Gasteiger partial charge is 0.387 e. The second-order valence-electron chi connectivity index (χ2n) is 7.66. The Balaban J connectivity index is 0.00000507. The molecule has 1 aliphatic rings. The van der Waals surface area contributed by atoms with E-state index in [1.54, 1.807) is 0 Å². The maximum atomic E-state index is 12.2. The molecule has 17 nitrogen and oxygen atoms in total. The van der Waals surface area contributed by atoms with Crippen LogP contribution >= 0.6 is 54.9 Å². The van der Waals surface area contributed by atoms with Crippen molar-refractivity contribution >= 4 is 71.9 Å². The number of imidazole rings is 1. The maximum absolute atomic E-state index is 12.2. The Morgan fingerprint density at radius 1 is 1.02 bits per heavy atom. The fourth-order valence-electron chi connectivity index (χ4n) is 3.42. The number of aliphatic hydroxyl groups is 2. The molecule has 0 spiro atoms. The van der Waals surface area contributed by atoms with Gasteiger partial charge >= 0.3 is 112 Å². The minimum absolute atomic E-state index is 0. The van der Waals surface area contributed by atoms with Crippen molar-refractivity contribution in [3.05, 3.63) is 12.7 Å². The topological polar surface area (TPSA) is 247 Å². The summed E-state index contributed by atoms with van der Waals surface area (Å²) in [6.07, 6.45) is -3.33. The van der Waals surface area contributed by atoms with E-state index in [0.717, 1.165) is 0 Å². The van der Waals surface area contributed by atoms with Gasteiger partial charge in [-0.1, -0.05) is 0 Å². The average Bonchev–Trinajstić information content (AvgIpc) is 3.33. The molecule has 25 heteroatoms. The number of fused-ring (bicyclic) bond motifs is 1. The molecule has 0 amide bonds. The van der Waals surface area contributed by atoms with Crippen molar-refractivity contribution in [2.75, 3.05) is 24.6 Å². The van der Waals surface area contributed by atoms with Gasteiger partial charge < -0.3 is 39.4 Å². The summed E-state index contributed by atoms with van der Waals surface area (Å²) in [7, 11) is -16.4. The summed E-state index contributed by atoms with van der Waals surface area (Å²) < 4.78 is 48.5.